The number of aliphatic hydroxyl groups excluding tert-OH is 5. The van der Waals surface area contributed by atoms with Crippen molar-refractivity contribution in [3.63, 3.8) is 0 Å². The summed E-state index contributed by atoms with van der Waals surface area (Å²) < 4.78 is 31.5. The van der Waals surface area contributed by atoms with Crippen molar-refractivity contribution in [1.82, 2.24) is 26.6 Å². The molecule has 0 aromatic heterocycles. The van der Waals surface area contributed by atoms with Gasteiger partial charge in [-0.05, 0) is 200 Å². The van der Waals surface area contributed by atoms with Crippen LogP contribution in [0.25, 0.3) is 11.1 Å². The lowest BCUT2D eigenvalue weighted by Gasteiger charge is -2.54. The van der Waals surface area contributed by atoms with Gasteiger partial charge in [-0.1, -0.05) is 62.2 Å². The Morgan fingerprint density at radius 1 is 0.658 bits per heavy atom. The molecule has 1 saturated heterocycles. The first-order valence-electron chi connectivity index (χ1n) is 39.4. The normalized spacial score (nSPS) is 27.7. The van der Waals surface area contributed by atoms with Gasteiger partial charge in [0.2, 0.25) is 41.6 Å². The van der Waals surface area contributed by atoms with Crippen LogP contribution in [0, 0.1) is 47.3 Å². The molecule has 15 bridgehead atoms. The quantitative estimate of drug-likeness (QED) is 0.0337. The van der Waals surface area contributed by atoms with Crippen LogP contribution < -0.4 is 56.6 Å². The maximum Gasteiger partial charge on any atom is 0.325 e. The lowest BCUT2D eigenvalue weighted by molar-refractivity contribution is -0.270. The van der Waals surface area contributed by atoms with Crippen LogP contribution >= 0.6 is 23.2 Å². The minimum atomic E-state index is -2.22. The SMILES string of the molecule is CC[C@H](CC(C)C)C(=O)N[C@H]1C(=O)C[C@@H](CC(=O)NC(=O)Nc2ccc(OCCCC(C)=O)cc2)C(=O)N[C@H]2C(=O)C[C@H]3C(=O)N[C@H](C(=O)N[C@H](C(=O)CC4C5CC6CC(C5)CC4C6)c4cc(O)cc(O)c4-c4cc3ccc4O)[C@H](O)c3ccc(c(Cl)c3)Oc3cc2cc(c3O[C@@H]2O[C@H](CN)[C@@H](O)[C@H](O)[C@H]2O)Oc2ccc(cc2Cl)[C@H]1O. The van der Waals surface area contributed by atoms with E-state index in [9.17, 15) is 60.0 Å². The van der Waals surface area contributed by atoms with Crippen molar-refractivity contribution in [1.29, 1.82) is 0 Å². The molecule has 30 nitrogen and oxygen atoms in total. The summed E-state index contributed by atoms with van der Waals surface area (Å²) in [6.45, 7) is 6.71. The number of urea groups is 1. The summed E-state index contributed by atoms with van der Waals surface area (Å²) in [5, 5.41) is 110. The van der Waals surface area contributed by atoms with E-state index in [1.54, 1.807) is 6.92 Å². The van der Waals surface area contributed by atoms with Crippen LogP contribution in [0.15, 0.2) is 103 Å². The van der Waals surface area contributed by atoms with E-state index in [1.165, 1.54) is 79.7 Å². The molecular formula is C85H95Cl2N7O23. The highest BCUT2D eigenvalue weighted by Crippen LogP contribution is 2.58. The van der Waals surface area contributed by atoms with Crippen molar-refractivity contribution >= 4 is 87.6 Å². The number of halogens is 2. The number of phenolic OH excluding ortho intramolecular Hbond substituents is 3. The van der Waals surface area contributed by atoms with Gasteiger partial charge in [-0.3, -0.25) is 43.7 Å². The van der Waals surface area contributed by atoms with Gasteiger partial charge in [0.15, 0.2) is 28.8 Å². The number of aliphatic hydroxyl groups is 5. The van der Waals surface area contributed by atoms with Crippen LogP contribution in [0.4, 0.5) is 10.5 Å². The summed E-state index contributed by atoms with van der Waals surface area (Å²) in [5.41, 5.74) is 4.56. The number of fused-ring (bicyclic) bond motifs is 15. The Kier molecular flexibility index (Phi) is 26.0. The van der Waals surface area contributed by atoms with Crippen molar-refractivity contribution in [3.8, 4) is 62.9 Å². The standard InChI is InChI=1S/C85H95Cl2N7O23/c1-5-41(19-37(2)3)80(108)93-72-60(99)28-48(31-68(102)90-85(112)89-49-11-13-51(14-12-49)113-18-6-7-38(4)95)81(109)91-70-47-29-65(114-63-16-9-43(74(72)103)26-56(63)86)79(117-84-78(107)77(106)76(105)67(36-88)116-84)66(30-47)115-64-17-10-44(27-57(64)87)75(104)73-83(111)92-71(62(101)34-52-45-21-39-20-40(23-45)24-46(52)22-39)55-32-50(96)33-59(98)69(55)54-25-42(8-15-58(54)97)53(35-61(70)100)82(110)94-73/h8-17,25-27,29-30,32-33,37,39-41,45-46,48,52-53,67,70-78,84,96-98,103-107H,5-7,18-24,28,31,34-36,88H2,1-4H3,(H,91,109)(H,92,111)(H,93,108)(H,94,110)(H2,89,90,102,112)/t39?,40?,41-,45?,46?,48+,52?,53-,67-,70-,71+,72+,73+,74-,75-,76-,77+,78-,84+/m1/s1. The fourth-order valence-electron chi connectivity index (χ4n) is 17.8. The lowest BCUT2D eigenvalue weighted by atomic mass is 9.51. The minimum absolute atomic E-state index is 0.0197. The number of rotatable bonds is 19. The zero-order chi connectivity index (χ0) is 83.7. The molecule has 5 fully saturated rings. The van der Waals surface area contributed by atoms with E-state index in [1.807, 2.05) is 13.8 Å². The molecule has 16 N–H and O–H groups in total. The molecule has 7 amide bonds. The summed E-state index contributed by atoms with van der Waals surface area (Å²) in [4.78, 5) is 150. The van der Waals surface area contributed by atoms with Gasteiger partial charge in [-0.25, -0.2) is 4.79 Å². The summed E-state index contributed by atoms with van der Waals surface area (Å²) in [6, 6.07) is 11.9. The van der Waals surface area contributed by atoms with Crippen molar-refractivity contribution < 1.29 is 112 Å². The van der Waals surface area contributed by atoms with Gasteiger partial charge in [0.05, 0.1) is 28.5 Å². The second-order valence-corrected chi connectivity index (χ2v) is 33.0. The highest BCUT2D eigenvalue weighted by atomic mass is 35.5. The van der Waals surface area contributed by atoms with Gasteiger partial charge in [0.25, 0.3) is 0 Å². The van der Waals surface area contributed by atoms with Gasteiger partial charge in [0, 0.05) is 67.4 Å². The molecule has 6 heterocycles. The Labute approximate surface area is 682 Å². The molecule has 622 valence electrons. The van der Waals surface area contributed by atoms with Gasteiger partial charge >= 0.3 is 6.03 Å². The largest absolute Gasteiger partial charge is 0.508 e. The predicted octanol–water partition coefficient (Wildman–Crippen LogP) is 8.81. The van der Waals surface area contributed by atoms with Gasteiger partial charge in [-0.15, -0.1) is 0 Å². The van der Waals surface area contributed by atoms with Crippen molar-refractivity contribution in [3.05, 3.63) is 141 Å². The second-order valence-electron chi connectivity index (χ2n) is 32.2. The van der Waals surface area contributed by atoms with Crippen LogP contribution in [0.3, 0.4) is 0 Å². The average molecular weight is 1650 g/mol. The molecule has 117 heavy (non-hydrogen) atoms. The average Bonchev–Trinajstić information content (AvgIpc) is 0.756. The number of benzene rings is 6. The Bertz CT molecular complexity index is 4820. The Hall–Kier alpha value is -10.3. The smallest absolute Gasteiger partial charge is 0.325 e. The van der Waals surface area contributed by atoms with E-state index in [-0.39, 0.29) is 115 Å². The van der Waals surface area contributed by atoms with E-state index in [4.69, 9.17) is 52.6 Å². The monoisotopic (exact) mass is 1650 g/mol. The Morgan fingerprint density at radius 3 is 1.91 bits per heavy atom. The van der Waals surface area contributed by atoms with Crippen molar-refractivity contribution in [2.75, 3.05) is 18.5 Å². The van der Waals surface area contributed by atoms with Gasteiger partial charge < -0.3 is 102 Å². The number of amides is 7. The minimum Gasteiger partial charge on any atom is -0.508 e. The zero-order valence-electron chi connectivity index (χ0n) is 64.5. The number of aromatic hydroxyl groups is 3. The number of ether oxygens (including phenoxy) is 5. The molecule has 10 aliphatic rings. The van der Waals surface area contributed by atoms with E-state index >= 15 is 28.8 Å². The molecule has 6 aromatic carbocycles. The molecule has 0 radical (unpaired) electrons. The van der Waals surface area contributed by atoms with Crippen LogP contribution in [-0.4, -0.2) is 155 Å². The first-order chi connectivity index (χ1) is 55.8. The number of phenols is 3. The number of carbonyl (C=O) groups is 10. The molecule has 0 spiro atoms. The van der Waals surface area contributed by atoms with Crippen molar-refractivity contribution in [2.45, 2.75) is 184 Å². The van der Waals surface area contributed by atoms with Crippen LogP contribution in [0.2, 0.25) is 10.0 Å². The van der Waals surface area contributed by atoms with Crippen molar-refractivity contribution in [2.24, 2.45) is 53.1 Å². The third-order valence-corrected chi connectivity index (χ3v) is 24.1. The molecule has 6 aromatic rings. The number of Topliss-reactive ketones (excluding diaryl/α,β-unsaturated/α-hetero) is 4. The number of imide groups is 1. The van der Waals surface area contributed by atoms with Crippen LogP contribution in [0.1, 0.15) is 169 Å². The van der Waals surface area contributed by atoms with Gasteiger partial charge in [-0.2, -0.15) is 0 Å². The maximum absolute atomic E-state index is 16.6. The maximum atomic E-state index is 16.6. The highest BCUT2D eigenvalue weighted by molar-refractivity contribution is 6.32. The molecule has 6 aliphatic heterocycles. The third kappa shape index (κ3) is 18.8. The topological polar surface area (TPSA) is 477 Å². The van der Waals surface area contributed by atoms with E-state index in [2.05, 4.69) is 31.9 Å². The molecule has 0 unspecified atom stereocenters. The van der Waals surface area contributed by atoms with Crippen LogP contribution in [0.5, 0.6) is 51.7 Å². The first-order valence-corrected chi connectivity index (χ1v) is 40.1. The second kappa shape index (κ2) is 35.9. The fourth-order valence-corrected chi connectivity index (χ4v) is 18.2. The fraction of sp³-hybridized carbons (Fsp3) is 0.459. The summed E-state index contributed by atoms with van der Waals surface area (Å²) in [7, 11) is 0. The van der Waals surface area contributed by atoms with Gasteiger partial charge in [0.1, 0.15) is 101 Å². The van der Waals surface area contributed by atoms with Crippen LogP contribution in [-0.2, 0) is 47.9 Å². The number of nitrogens with one attached hydrogen (secondary N) is 6. The number of ketones is 4. The highest BCUT2D eigenvalue weighted by Gasteiger charge is 2.51. The van der Waals surface area contributed by atoms with E-state index < -0.39 is 198 Å². The number of nitrogens with two attached hydrogens (primary N) is 1. The lowest BCUT2D eigenvalue weighted by Crippen LogP contribution is -2.60. The molecule has 4 aliphatic carbocycles. The molecule has 32 heteroatoms. The summed E-state index contributed by atoms with van der Waals surface area (Å²) >= 11 is 14.3. The Morgan fingerprint density at radius 2 is 1.30 bits per heavy atom. The summed E-state index contributed by atoms with van der Waals surface area (Å²) in [5.74, 6) is -15.6. The molecule has 14 atom stereocenters. The Balaban J connectivity index is 0.975. The number of carbonyl (C=O) groups excluding carboxylic acids is 10. The molecule has 4 saturated carbocycles. The zero-order valence-corrected chi connectivity index (χ0v) is 66.0. The summed E-state index contributed by atoms with van der Waals surface area (Å²) in [6.07, 6.45) is -10.6. The van der Waals surface area contributed by atoms with E-state index in [0.29, 0.717) is 36.8 Å². The first kappa shape index (κ1) is 84.6. The van der Waals surface area contributed by atoms with E-state index in [0.717, 1.165) is 62.4 Å². The number of hydrogen-bond acceptors (Lipinski definition) is 24. The molecule has 16 rings (SSSR count). The molecular weight excluding hydrogens is 1560 g/mol. The predicted molar refractivity (Wildman–Crippen MR) is 421 cm³/mol. The number of anilines is 1. The third-order valence-electron chi connectivity index (χ3n) is 23.5. The number of hydrogen-bond donors (Lipinski definition) is 15.